The van der Waals surface area contributed by atoms with Gasteiger partial charge in [0.15, 0.2) is 5.60 Å². The van der Waals surface area contributed by atoms with Crippen molar-refractivity contribution in [3.63, 3.8) is 0 Å². The van der Waals surface area contributed by atoms with E-state index in [0.29, 0.717) is 30.7 Å². The van der Waals surface area contributed by atoms with Crippen molar-refractivity contribution in [1.29, 1.82) is 5.26 Å². The molecule has 3 aromatic rings. The second kappa shape index (κ2) is 22.0. The van der Waals surface area contributed by atoms with Gasteiger partial charge in [-0.15, -0.1) is 6.58 Å². The SMILES string of the molecule is C=CCc1ccc(O[C@H]2O[C@H]3[C@@H](O)[C@H](O)[C@]2(O)C[C@H]([C@@H]2C=C[C@@H]4[C@@](O)(C2)C[C@H]2[C@H](c5ccc(C(=O)O)cc5)CC[C@H]5CCC[C@@]542)[C@@H](O)CC#CO[C@@H]3CCCO)cc1C[C@@H](COC)[C@@H](CO)n1ccc(C#N)c1. The van der Waals surface area contributed by atoms with Crippen molar-refractivity contribution in [3.8, 4) is 23.8 Å². The van der Waals surface area contributed by atoms with E-state index in [9.17, 15) is 50.9 Å². The summed E-state index contributed by atoms with van der Waals surface area (Å²) in [5.41, 5.74) is -0.215. The molecule has 0 amide bonds. The van der Waals surface area contributed by atoms with Crippen LogP contribution in [0.4, 0.5) is 0 Å². The minimum absolute atomic E-state index is 0.0646. The molecule has 15 heteroatoms. The van der Waals surface area contributed by atoms with E-state index < -0.39 is 71.9 Å². The van der Waals surface area contributed by atoms with Gasteiger partial charge in [0.2, 0.25) is 6.29 Å². The van der Waals surface area contributed by atoms with Crippen molar-refractivity contribution in [2.24, 2.45) is 40.9 Å². The first-order valence-corrected chi connectivity index (χ1v) is 26.2. The predicted molar refractivity (Wildman–Crippen MR) is 268 cm³/mol. The molecule has 0 unspecified atom stereocenters. The van der Waals surface area contributed by atoms with Gasteiger partial charge in [-0.1, -0.05) is 48.8 Å². The predicted octanol–water partition coefficient (Wildman–Crippen LogP) is 5.58. The summed E-state index contributed by atoms with van der Waals surface area (Å²) in [6, 6.07) is 16.0. The van der Waals surface area contributed by atoms with Crippen LogP contribution in [0.15, 0.2) is 85.7 Å². The van der Waals surface area contributed by atoms with Gasteiger partial charge in [-0.05, 0) is 153 Å². The Hall–Kier alpha value is -5.04. The molecule has 8 N–H and O–H groups in total. The fraction of sp³-hybridized carbons (Fsp3) is 0.586. The maximum Gasteiger partial charge on any atom is 0.335 e. The Labute approximate surface area is 427 Å². The third kappa shape index (κ3) is 10.0. The van der Waals surface area contributed by atoms with Crippen LogP contribution in [0, 0.1) is 64.3 Å². The van der Waals surface area contributed by atoms with Crippen LogP contribution in [0.2, 0.25) is 0 Å². The lowest BCUT2D eigenvalue weighted by molar-refractivity contribution is -0.334. The number of rotatable bonds is 17. The number of nitriles is 1. The van der Waals surface area contributed by atoms with E-state index in [4.69, 9.17) is 18.9 Å². The van der Waals surface area contributed by atoms with Crippen LogP contribution in [0.5, 0.6) is 5.75 Å². The molecule has 73 heavy (non-hydrogen) atoms. The number of nitrogens with zero attached hydrogens (tertiary/aromatic N) is 2. The van der Waals surface area contributed by atoms with Gasteiger partial charge in [-0.3, -0.25) is 0 Å². The topological polar surface area (TPSA) is 245 Å². The van der Waals surface area contributed by atoms with Gasteiger partial charge in [0.25, 0.3) is 0 Å². The molecule has 4 fully saturated rings. The van der Waals surface area contributed by atoms with Crippen LogP contribution in [0.3, 0.4) is 0 Å². The molecule has 7 aliphatic rings. The summed E-state index contributed by atoms with van der Waals surface area (Å²) in [6.45, 7) is 3.80. The normalized spacial score (nSPS) is 36.4. The quantitative estimate of drug-likeness (QED) is 0.0609. The Morgan fingerprint density at radius 2 is 1.85 bits per heavy atom. The summed E-state index contributed by atoms with van der Waals surface area (Å²) in [4.78, 5) is 11.8. The molecule has 2 aromatic carbocycles. The van der Waals surface area contributed by atoms with Gasteiger partial charge in [0, 0.05) is 44.4 Å². The third-order valence-corrected chi connectivity index (χ3v) is 18.1. The number of methoxy groups -OCH3 is 1. The maximum absolute atomic E-state index is 13.2. The minimum atomic E-state index is -2.36. The molecule has 2 bridgehead atoms. The highest BCUT2D eigenvalue weighted by molar-refractivity contribution is 5.87. The number of allylic oxidation sites excluding steroid dienone is 2. The molecule has 3 saturated carbocycles. The average molecular weight is 1010 g/mol. The van der Waals surface area contributed by atoms with E-state index in [1.807, 2.05) is 28.8 Å². The molecule has 4 aliphatic carbocycles. The van der Waals surface area contributed by atoms with Crippen LogP contribution in [-0.2, 0) is 27.1 Å². The molecule has 4 heterocycles. The van der Waals surface area contributed by atoms with Gasteiger partial charge in [-0.2, -0.15) is 5.26 Å². The van der Waals surface area contributed by atoms with Crippen molar-refractivity contribution in [3.05, 3.63) is 114 Å². The summed E-state index contributed by atoms with van der Waals surface area (Å²) < 4.78 is 26.8. The molecule has 1 aromatic heterocycles. The monoisotopic (exact) mass is 1000 g/mol. The highest BCUT2D eigenvalue weighted by Crippen LogP contribution is 2.72. The van der Waals surface area contributed by atoms with E-state index in [2.05, 4.69) is 36.8 Å². The number of carboxylic acid groups (broad SMARTS) is 1. The van der Waals surface area contributed by atoms with E-state index in [1.54, 1.807) is 49.8 Å². The van der Waals surface area contributed by atoms with Crippen LogP contribution < -0.4 is 4.74 Å². The van der Waals surface area contributed by atoms with E-state index in [1.165, 1.54) is 0 Å². The second-order valence-corrected chi connectivity index (χ2v) is 21.9. The minimum Gasteiger partial charge on any atom is -0.478 e. The first-order valence-electron chi connectivity index (χ1n) is 26.2. The molecular formula is C58H72N2O13. The number of carbonyl (C=O) groups is 1. The van der Waals surface area contributed by atoms with E-state index in [-0.39, 0.29) is 92.3 Å². The molecule has 17 atom stereocenters. The van der Waals surface area contributed by atoms with Crippen molar-refractivity contribution < 1.29 is 64.6 Å². The van der Waals surface area contributed by atoms with Crippen molar-refractivity contribution >= 4 is 5.97 Å². The van der Waals surface area contributed by atoms with Crippen molar-refractivity contribution in [2.75, 3.05) is 26.9 Å². The van der Waals surface area contributed by atoms with Crippen LogP contribution >= 0.6 is 0 Å². The highest BCUT2D eigenvalue weighted by atomic mass is 16.7. The molecule has 392 valence electrons. The maximum atomic E-state index is 13.2. The lowest BCUT2D eigenvalue weighted by atomic mass is 9.54. The molecule has 0 radical (unpaired) electrons. The fourth-order valence-electron chi connectivity index (χ4n) is 14.7. The zero-order valence-electron chi connectivity index (χ0n) is 41.6. The van der Waals surface area contributed by atoms with Crippen molar-refractivity contribution in [1.82, 2.24) is 4.57 Å². The number of fused-ring (bicyclic) bond motifs is 9. The number of hydrogen-bond donors (Lipinski definition) is 8. The first-order chi connectivity index (χ1) is 35.2. The van der Waals surface area contributed by atoms with Crippen molar-refractivity contribution in [2.45, 2.75) is 143 Å². The molecule has 1 saturated heterocycles. The van der Waals surface area contributed by atoms with Gasteiger partial charge >= 0.3 is 5.97 Å². The Bertz CT molecular complexity index is 2560. The van der Waals surface area contributed by atoms with Crippen LogP contribution in [-0.4, -0.2) is 126 Å². The summed E-state index contributed by atoms with van der Waals surface area (Å²) in [7, 11) is 1.58. The molecule has 10 rings (SSSR count). The number of aromatic nitrogens is 1. The van der Waals surface area contributed by atoms with Gasteiger partial charge in [-0.25, -0.2) is 4.79 Å². The lowest BCUT2D eigenvalue weighted by Gasteiger charge is -2.52. The number of aromatic carboxylic acids is 1. The number of ether oxygens (including phenoxy) is 4. The largest absolute Gasteiger partial charge is 0.478 e. The molecule has 1 spiro atoms. The Morgan fingerprint density at radius 3 is 2.56 bits per heavy atom. The van der Waals surface area contributed by atoms with Crippen LogP contribution in [0.1, 0.15) is 115 Å². The number of aliphatic hydroxyl groups is 7. The number of aliphatic hydroxyl groups excluding tert-OH is 5. The Morgan fingerprint density at radius 1 is 1.04 bits per heavy atom. The third-order valence-electron chi connectivity index (χ3n) is 18.1. The summed E-state index contributed by atoms with van der Waals surface area (Å²) in [5.74, 6) is 1.07. The zero-order valence-corrected chi connectivity index (χ0v) is 41.6. The van der Waals surface area contributed by atoms with Gasteiger partial charge < -0.3 is 64.4 Å². The fourth-order valence-corrected chi connectivity index (χ4v) is 14.7. The number of benzene rings is 2. The molecular weight excluding hydrogens is 933 g/mol. The summed E-state index contributed by atoms with van der Waals surface area (Å²) in [5, 5.41) is 103. The lowest BCUT2D eigenvalue weighted by Crippen LogP contribution is -2.70. The van der Waals surface area contributed by atoms with Crippen LogP contribution in [0.25, 0.3) is 0 Å². The Balaban J connectivity index is 1.06. The molecule has 15 nitrogen and oxygen atoms in total. The van der Waals surface area contributed by atoms with E-state index >= 15 is 0 Å². The average Bonchev–Trinajstić information content (AvgIpc) is 4.11. The number of carboxylic acids is 1. The second-order valence-electron chi connectivity index (χ2n) is 21.9. The van der Waals surface area contributed by atoms with Gasteiger partial charge in [0.05, 0.1) is 42.1 Å². The summed E-state index contributed by atoms with van der Waals surface area (Å²) >= 11 is 0. The highest BCUT2D eigenvalue weighted by Gasteiger charge is 2.69. The standard InChI is InChI=1S/C58H72N2O13/c1-3-7-36-15-18-43(27-40(36)26-41(34-70-2)47(33-62)60-23-21-35(31-59)32-60)72-55-58(69)29-45(48(63)9-6-25-71-49(10-5-24-61)52(73-55)51(64)53(58)65)39-16-20-50-56(68,28-39)30-46-44(19-17-42-8-4-22-57(42,46)50)37-11-13-38(14-12-37)54(66)67/h3,11-16,18,20-21,23,27,32,39,41-42,44-53,55,61-65,68-69H,1,4-5,7-10,17,19,22,24,26,28-30,33-34H2,2H3,(H,66,67)/t39-,41+,42-,44+,45-,46+,47-,48+,49-,50-,51-,52-,53+,55+,56-,57+,58-/m1/s1. The summed E-state index contributed by atoms with van der Waals surface area (Å²) in [6.07, 6.45) is 10.2. The molecule has 3 aliphatic heterocycles. The first kappa shape index (κ1) is 52.8. The van der Waals surface area contributed by atoms with Gasteiger partial charge in [0.1, 0.15) is 42.3 Å². The number of hydrogen-bond acceptors (Lipinski definition) is 13. The smallest absolute Gasteiger partial charge is 0.335 e. The Kier molecular flexibility index (Phi) is 15.9. The zero-order chi connectivity index (χ0) is 51.7. The van der Waals surface area contributed by atoms with E-state index in [0.717, 1.165) is 48.8 Å².